The van der Waals surface area contributed by atoms with Crippen LogP contribution in [0.15, 0.2) is 24.3 Å². The molecule has 62 valence electrons. The summed E-state index contributed by atoms with van der Waals surface area (Å²) in [4.78, 5) is 0. The van der Waals surface area contributed by atoms with Gasteiger partial charge < -0.3 is 6.53 Å². The van der Waals surface area contributed by atoms with E-state index < -0.39 is 11.7 Å². The summed E-state index contributed by atoms with van der Waals surface area (Å²) in [5.41, 5.74) is -0.836. The van der Waals surface area contributed by atoms with Gasteiger partial charge in [0.05, 0.1) is 5.56 Å². The summed E-state index contributed by atoms with van der Waals surface area (Å²) in [5.74, 6) is -0.375. The monoisotopic (exact) mass is 186 g/mol. The number of aromatic hydroxyl groups is 1. The van der Waals surface area contributed by atoms with Gasteiger partial charge in [-0.2, -0.15) is 13.2 Å². The van der Waals surface area contributed by atoms with Crippen molar-refractivity contribution in [1.29, 1.82) is 0 Å². The van der Waals surface area contributed by atoms with Gasteiger partial charge in [0.2, 0.25) is 0 Å². The Labute approximate surface area is 91.0 Å². The quantitative estimate of drug-likeness (QED) is 0.543. The zero-order chi connectivity index (χ0) is 8.48. The molecule has 1 rings (SSSR count). The number of benzene rings is 1. The summed E-state index contributed by atoms with van der Waals surface area (Å²) in [6.07, 6.45) is -4.38. The molecule has 5 heteroatoms. The number of phenolic OH excluding ortho intramolecular Hbond substituents is 1. The maximum atomic E-state index is 11.9. The first-order valence-corrected chi connectivity index (χ1v) is 2.86. The van der Waals surface area contributed by atoms with Crippen molar-refractivity contribution < 1.29 is 49.3 Å². The minimum Gasteiger partial charge on any atom is -1.00 e. The summed E-state index contributed by atoms with van der Waals surface area (Å²) in [6.45, 7) is 0. The number of rotatable bonds is 0. The fourth-order valence-electron chi connectivity index (χ4n) is 0.682. The zero-order valence-electron chi connectivity index (χ0n) is 7.39. The predicted octanol–water partition coefficient (Wildman–Crippen LogP) is -0.473. The van der Waals surface area contributed by atoms with Crippen molar-refractivity contribution in [1.82, 2.24) is 0 Å². The standard InChI is InChI=1S/C7H5F3O.Na.H/c8-7(9,10)5-2-1-3-6(11)4-5;;/h1-4,11H;;/q;+1;-1. The third-order valence-corrected chi connectivity index (χ3v) is 1.17. The van der Waals surface area contributed by atoms with Crippen molar-refractivity contribution in [2.75, 3.05) is 0 Å². The SMILES string of the molecule is Oc1cccc(C(F)(F)F)c1.[H-].[Na+]. The number of alkyl halides is 3. The van der Waals surface area contributed by atoms with Gasteiger partial charge in [-0.1, -0.05) is 6.07 Å². The van der Waals surface area contributed by atoms with Crippen molar-refractivity contribution in [2.24, 2.45) is 0 Å². The smallest absolute Gasteiger partial charge is 1.00 e. The molecule has 0 aromatic heterocycles. The Morgan fingerprint density at radius 3 is 2.17 bits per heavy atom. The van der Waals surface area contributed by atoms with Crippen molar-refractivity contribution in [3.8, 4) is 5.75 Å². The van der Waals surface area contributed by atoms with Crippen molar-refractivity contribution in [2.45, 2.75) is 6.18 Å². The van der Waals surface area contributed by atoms with E-state index in [4.69, 9.17) is 5.11 Å². The molecule has 1 N–H and O–H groups in total. The summed E-state index contributed by atoms with van der Waals surface area (Å²) in [7, 11) is 0. The molecule has 0 saturated carbocycles. The van der Waals surface area contributed by atoms with Crippen LogP contribution in [0.3, 0.4) is 0 Å². The molecule has 0 saturated heterocycles. The summed E-state index contributed by atoms with van der Waals surface area (Å²) >= 11 is 0. The molecule has 0 atom stereocenters. The number of halogens is 3. The van der Waals surface area contributed by atoms with E-state index in [2.05, 4.69) is 0 Å². The van der Waals surface area contributed by atoms with Gasteiger partial charge in [0.25, 0.3) is 0 Å². The fourth-order valence-corrected chi connectivity index (χ4v) is 0.682. The van der Waals surface area contributed by atoms with Crippen LogP contribution < -0.4 is 29.6 Å². The van der Waals surface area contributed by atoms with Gasteiger partial charge in [0, 0.05) is 0 Å². The van der Waals surface area contributed by atoms with E-state index in [1.165, 1.54) is 6.07 Å². The normalized spacial score (nSPS) is 10.6. The van der Waals surface area contributed by atoms with Gasteiger partial charge >= 0.3 is 35.7 Å². The zero-order valence-corrected chi connectivity index (χ0v) is 8.39. The van der Waals surface area contributed by atoms with E-state index in [0.717, 1.165) is 12.1 Å². The molecular weight excluding hydrogens is 180 g/mol. The number of phenols is 1. The van der Waals surface area contributed by atoms with Crippen LogP contribution in [0.5, 0.6) is 5.75 Å². The van der Waals surface area contributed by atoms with Crippen LogP contribution in [0.25, 0.3) is 0 Å². The van der Waals surface area contributed by atoms with E-state index in [-0.39, 0.29) is 36.7 Å². The topological polar surface area (TPSA) is 20.2 Å². The Hall–Kier alpha value is -0.190. The second-order valence-electron chi connectivity index (χ2n) is 2.05. The van der Waals surface area contributed by atoms with Crippen molar-refractivity contribution in [3.63, 3.8) is 0 Å². The van der Waals surface area contributed by atoms with E-state index >= 15 is 0 Å². The molecule has 1 aromatic carbocycles. The average Bonchev–Trinajstić information content (AvgIpc) is 1.86. The van der Waals surface area contributed by atoms with Gasteiger partial charge in [-0.05, 0) is 18.2 Å². The third kappa shape index (κ3) is 3.05. The molecule has 0 heterocycles. The van der Waals surface area contributed by atoms with Crippen LogP contribution in [0, 0.1) is 0 Å². The van der Waals surface area contributed by atoms with E-state index in [1.807, 2.05) is 0 Å². The molecule has 0 radical (unpaired) electrons. The molecule has 0 aliphatic heterocycles. The van der Waals surface area contributed by atoms with Crippen LogP contribution in [0.2, 0.25) is 0 Å². The molecule has 0 aliphatic rings. The summed E-state index contributed by atoms with van der Waals surface area (Å²) in [6, 6.07) is 3.92. The first-order valence-electron chi connectivity index (χ1n) is 2.86. The molecule has 1 nitrogen and oxygen atoms in total. The van der Waals surface area contributed by atoms with Crippen molar-refractivity contribution in [3.05, 3.63) is 29.8 Å². The minimum atomic E-state index is -4.38. The molecule has 1 aromatic rings. The van der Waals surface area contributed by atoms with Crippen LogP contribution >= 0.6 is 0 Å². The molecule has 0 spiro atoms. The molecule has 0 bridgehead atoms. The summed E-state index contributed by atoms with van der Waals surface area (Å²) in [5, 5.41) is 8.68. The second kappa shape index (κ2) is 4.16. The largest absolute Gasteiger partial charge is 1.00 e. The maximum absolute atomic E-state index is 11.9. The molecular formula is C7H6F3NaO. The third-order valence-electron chi connectivity index (χ3n) is 1.17. The van der Waals surface area contributed by atoms with Gasteiger partial charge in [-0.25, -0.2) is 0 Å². The number of hydrogen-bond acceptors (Lipinski definition) is 1. The van der Waals surface area contributed by atoms with Crippen LogP contribution in [-0.2, 0) is 6.18 Å². The first kappa shape index (κ1) is 11.8. The first-order chi connectivity index (χ1) is 5.00. The van der Waals surface area contributed by atoms with Crippen LogP contribution in [-0.4, -0.2) is 5.11 Å². The second-order valence-corrected chi connectivity index (χ2v) is 2.05. The minimum absolute atomic E-state index is 0. The van der Waals surface area contributed by atoms with Crippen LogP contribution in [0.4, 0.5) is 13.2 Å². The number of hydrogen-bond donors (Lipinski definition) is 1. The summed E-state index contributed by atoms with van der Waals surface area (Å²) < 4.78 is 35.6. The Morgan fingerprint density at radius 1 is 1.25 bits per heavy atom. The maximum Gasteiger partial charge on any atom is 1.00 e. The Morgan fingerprint density at radius 2 is 1.83 bits per heavy atom. The van der Waals surface area contributed by atoms with Crippen molar-refractivity contribution >= 4 is 0 Å². The van der Waals surface area contributed by atoms with Gasteiger partial charge in [0.1, 0.15) is 5.75 Å². The van der Waals surface area contributed by atoms with Gasteiger partial charge in [-0.15, -0.1) is 0 Å². The van der Waals surface area contributed by atoms with Crippen LogP contribution in [0.1, 0.15) is 6.99 Å². The molecule has 0 aliphatic carbocycles. The van der Waals surface area contributed by atoms with E-state index in [0.29, 0.717) is 6.07 Å². The Balaban J connectivity index is 0. The Kier molecular flexibility index (Phi) is 4.10. The molecule has 0 unspecified atom stereocenters. The Bertz CT molecular complexity index is 264. The van der Waals surface area contributed by atoms with Gasteiger partial charge in [-0.3, -0.25) is 0 Å². The fraction of sp³-hybridized carbons (Fsp3) is 0.143. The molecule has 12 heavy (non-hydrogen) atoms. The van der Waals surface area contributed by atoms with E-state index in [1.54, 1.807) is 0 Å². The van der Waals surface area contributed by atoms with Gasteiger partial charge in [0.15, 0.2) is 0 Å². The van der Waals surface area contributed by atoms with E-state index in [9.17, 15) is 13.2 Å². The molecule has 0 amide bonds. The average molecular weight is 186 g/mol. The predicted molar refractivity (Wildman–Crippen MR) is 34.2 cm³/mol. The molecule has 0 fully saturated rings.